The molecular weight excluding hydrogens is 345 g/mol. The standard InChI is InChI=1S/C15H7F7O2/c1-5(8-6(16)3-2-4-7(8)17)15(23)24-14-12(21)10(19)9(18)11(20)13(14)22/h2-5H,1H3. The summed E-state index contributed by atoms with van der Waals surface area (Å²) in [4.78, 5) is 11.8. The van der Waals surface area contributed by atoms with Crippen LogP contribution in [-0.4, -0.2) is 5.97 Å². The van der Waals surface area contributed by atoms with Crippen molar-refractivity contribution in [1.82, 2.24) is 0 Å². The third-order valence-electron chi connectivity index (χ3n) is 3.16. The summed E-state index contributed by atoms with van der Waals surface area (Å²) in [5, 5.41) is 0. The molecule has 2 nitrogen and oxygen atoms in total. The molecule has 0 aliphatic heterocycles. The highest BCUT2D eigenvalue weighted by Crippen LogP contribution is 2.31. The van der Waals surface area contributed by atoms with Crippen molar-refractivity contribution in [2.45, 2.75) is 12.8 Å². The highest BCUT2D eigenvalue weighted by Gasteiger charge is 2.31. The Morgan fingerprint density at radius 2 is 1.25 bits per heavy atom. The van der Waals surface area contributed by atoms with Gasteiger partial charge in [-0.1, -0.05) is 6.07 Å². The molecule has 0 saturated carbocycles. The second kappa shape index (κ2) is 6.50. The van der Waals surface area contributed by atoms with Crippen LogP contribution in [0.2, 0.25) is 0 Å². The fourth-order valence-electron chi connectivity index (χ4n) is 1.91. The van der Waals surface area contributed by atoms with Gasteiger partial charge < -0.3 is 4.74 Å². The van der Waals surface area contributed by atoms with Crippen LogP contribution in [0.25, 0.3) is 0 Å². The van der Waals surface area contributed by atoms with Gasteiger partial charge in [-0.25, -0.2) is 22.0 Å². The molecule has 0 aromatic heterocycles. The molecule has 0 aliphatic rings. The lowest BCUT2D eigenvalue weighted by molar-refractivity contribution is -0.136. The lowest BCUT2D eigenvalue weighted by Gasteiger charge is -2.14. The van der Waals surface area contributed by atoms with Gasteiger partial charge in [0.25, 0.3) is 0 Å². The predicted molar refractivity (Wildman–Crippen MR) is 66.6 cm³/mol. The molecule has 2 rings (SSSR count). The van der Waals surface area contributed by atoms with Crippen molar-refractivity contribution >= 4 is 5.97 Å². The quantitative estimate of drug-likeness (QED) is 0.270. The Morgan fingerprint density at radius 3 is 1.71 bits per heavy atom. The SMILES string of the molecule is CC(C(=O)Oc1c(F)c(F)c(F)c(F)c1F)c1c(F)cccc1F. The van der Waals surface area contributed by atoms with Crippen LogP contribution >= 0.6 is 0 Å². The minimum absolute atomic E-state index is 0.772. The maximum Gasteiger partial charge on any atom is 0.318 e. The van der Waals surface area contributed by atoms with Gasteiger partial charge in [0.1, 0.15) is 11.6 Å². The topological polar surface area (TPSA) is 26.3 Å². The zero-order valence-electron chi connectivity index (χ0n) is 11.8. The van der Waals surface area contributed by atoms with Crippen LogP contribution in [-0.2, 0) is 4.79 Å². The largest absolute Gasteiger partial charge is 0.420 e. The third kappa shape index (κ3) is 2.93. The molecule has 1 atom stereocenters. The summed E-state index contributed by atoms with van der Waals surface area (Å²) in [5.74, 6) is -19.3. The van der Waals surface area contributed by atoms with Crippen LogP contribution in [0.3, 0.4) is 0 Å². The molecule has 0 N–H and O–H groups in total. The molecule has 0 spiro atoms. The van der Waals surface area contributed by atoms with Gasteiger partial charge in [0, 0.05) is 5.56 Å². The average Bonchev–Trinajstić information content (AvgIpc) is 2.54. The summed E-state index contributed by atoms with van der Waals surface area (Å²) in [6.07, 6.45) is 0. The molecule has 0 saturated heterocycles. The van der Waals surface area contributed by atoms with Crippen LogP contribution in [0.15, 0.2) is 18.2 Å². The van der Waals surface area contributed by atoms with Crippen molar-refractivity contribution in [3.05, 3.63) is 64.5 Å². The van der Waals surface area contributed by atoms with E-state index in [1.165, 1.54) is 0 Å². The maximum atomic E-state index is 13.6. The Morgan fingerprint density at radius 1 is 0.833 bits per heavy atom. The molecule has 0 aliphatic carbocycles. The van der Waals surface area contributed by atoms with Gasteiger partial charge in [-0.05, 0) is 19.1 Å². The zero-order valence-corrected chi connectivity index (χ0v) is 11.8. The van der Waals surface area contributed by atoms with Crippen molar-refractivity contribution in [2.75, 3.05) is 0 Å². The fraction of sp³-hybridized carbons (Fsp3) is 0.133. The van der Waals surface area contributed by atoms with Gasteiger partial charge in [0.2, 0.25) is 34.8 Å². The first-order valence-corrected chi connectivity index (χ1v) is 6.33. The summed E-state index contributed by atoms with van der Waals surface area (Å²) in [7, 11) is 0. The van der Waals surface area contributed by atoms with Crippen LogP contribution in [0.5, 0.6) is 5.75 Å². The van der Waals surface area contributed by atoms with Crippen LogP contribution < -0.4 is 4.74 Å². The summed E-state index contributed by atoms with van der Waals surface area (Å²) in [6.45, 7) is 0.940. The Labute approximate surface area is 130 Å². The van der Waals surface area contributed by atoms with Gasteiger partial charge in [-0.15, -0.1) is 0 Å². The van der Waals surface area contributed by atoms with Crippen molar-refractivity contribution in [1.29, 1.82) is 0 Å². The van der Waals surface area contributed by atoms with Gasteiger partial charge in [0.15, 0.2) is 0 Å². The summed E-state index contributed by atoms with van der Waals surface area (Å²) >= 11 is 0. The number of carbonyl (C=O) groups is 1. The van der Waals surface area contributed by atoms with Gasteiger partial charge in [0.05, 0.1) is 5.92 Å². The Kier molecular flexibility index (Phi) is 4.81. The third-order valence-corrected chi connectivity index (χ3v) is 3.16. The number of rotatable bonds is 3. The van der Waals surface area contributed by atoms with E-state index >= 15 is 0 Å². The molecule has 0 amide bonds. The second-order valence-corrected chi connectivity index (χ2v) is 4.68. The van der Waals surface area contributed by atoms with E-state index in [9.17, 15) is 35.5 Å². The smallest absolute Gasteiger partial charge is 0.318 e. The van der Waals surface area contributed by atoms with Crippen LogP contribution in [0.4, 0.5) is 30.7 Å². The molecule has 2 aromatic rings. The van der Waals surface area contributed by atoms with E-state index in [0.29, 0.717) is 0 Å². The molecule has 24 heavy (non-hydrogen) atoms. The van der Waals surface area contributed by atoms with Crippen molar-refractivity contribution in [2.24, 2.45) is 0 Å². The lowest BCUT2D eigenvalue weighted by Crippen LogP contribution is -2.20. The number of hydrogen-bond acceptors (Lipinski definition) is 2. The molecule has 0 bridgehead atoms. The van der Waals surface area contributed by atoms with Gasteiger partial charge in [-0.3, -0.25) is 4.79 Å². The van der Waals surface area contributed by atoms with Crippen molar-refractivity contribution in [3.8, 4) is 5.75 Å². The lowest BCUT2D eigenvalue weighted by atomic mass is 10.00. The van der Waals surface area contributed by atoms with Gasteiger partial charge in [-0.2, -0.15) is 8.78 Å². The molecule has 9 heteroatoms. The molecular formula is C15H7F7O2. The number of esters is 1. The summed E-state index contributed by atoms with van der Waals surface area (Å²) in [5.41, 5.74) is -0.772. The first-order valence-electron chi connectivity index (χ1n) is 6.33. The number of halogens is 7. The Balaban J connectivity index is 2.41. The first kappa shape index (κ1) is 17.8. The molecule has 0 fully saturated rings. The van der Waals surface area contributed by atoms with E-state index in [-0.39, 0.29) is 0 Å². The second-order valence-electron chi connectivity index (χ2n) is 4.68. The first-order chi connectivity index (χ1) is 11.2. The number of ether oxygens (including phenoxy) is 1. The van der Waals surface area contributed by atoms with E-state index in [4.69, 9.17) is 0 Å². The molecule has 0 radical (unpaired) electrons. The van der Waals surface area contributed by atoms with E-state index in [1.807, 2.05) is 0 Å². The average molecular weight is 352 g/mol. The van der Waals surface area contributed by atoms with Crippen LogP contribution in [0, 0.1) is 40.7 Å². The normalized spacial score (nSPS) is 12.2. The Hall–Kier alpha value is -2.58. The maximum absolute atomic E-state index is 13.6. The van der Waals surface area contributed by atoms with Crippen molar-refractivity contribution < 1.29 is 40.3 Å². The fourth-order valence-corrected chi connectivity index (χ4v) is 1.91. The highest BCUT2D eigenvalue weighted by atomic mass is 19.2. The highest BCUT2D eigenvalue weighted by molar-refractivity contribution is 5.80. The molecule has 1 unspecified atom stereocenters. The van der Waals surface area contributed by atoms with Gasteiger partial charge >= 0.3 is 5.97 Å². The van der Waals surface area contributed by atoms with E-state index in [2.05, 4.69) is 4.74 Å². The number of carbonyl (C=O) groups excluding carboxylic acids is 1. The number of hydrogen-bond donors (Lipinski definition) is 0. The molecule has 0 heterocycles. The minimum atomic E-state index is -2.43. The minimum Gasteiger partial charge on any atom is -0.420 e. The van der Waals surface area contributed by atoms with Crippen molar-refractivity contribution in [3.63, 3.8) is 0 Å². The van der Waals surface area contributed by atoms with E-state index < -0.39 is 63.9 Å². The summed E-state index contributed by atoms with van der Waals surface area (Å²) < 4.78 is 97.1. The van der Waals surface area contributed by atoms with E-state index in [0.717, 1.165) is 25.1 Å². The molecule has 128 valence electrons. The van der Waals surface area contributed by atoms with E-state index in [1.54, 1.807) is 0 Å². The molecule has 2 aromatic carbocycles. The number of benzene rings is 2. The monoisotopic (exact) mass is 352 g/mol. The van der Waals surface area contributed by atoms with Crippen LogP contribution in [0.1, 0.15) is 18.4 Å². The summed E-state index contributed by atoms with van der Waals surface area (Å²) in [6, 6.07) is 2.65. The Bertz CT molecular complexity index is 771. The predicted octanol–water partition coefficient (Wildman–Crippen LogP) is 4.37. The zero-order chi connectivity index (χ0) is 18.2.